The van der Waals surface area contributed by atoms with E-state index in [9.17, 15) is 9.90 Å². The minimum absolute atomic E-state index is 0.290. The SMILES string of the molecule is CSC(=N)C1CN(C(=O)OC(C)(C)C)CCC1O. The number of piperidine rings is 1. The predicted molar refractivity (Wildman–Crippen MR) is 73.2 cm³/mol. The molecule has 104 valence electrons. The number of thioether (sulfide) groups is 1. The van der Waals surface area contributed by atoms with Gasteiger partial charge in [-0.3, -0.25) is 5.41 Å². The molecular formula is C12H22N2O3S. The summed E-state index contributed by atoms with van der Waals surface area (Å²) in [7, 11) is 0. The van der Waals surface area contributed by atoms with E-state index in [-0.39, 0.29) is 12.0 Å². The van der Waals surface area contributed by atoms with Crippen molar-refractivity contribution < 1.29 is 14.6 Å². The van der Waals surface area contributed by atoms with Gasteiger partial charge in [-0.2, -0.15) is 0 Å². The third-order valence-electron chi connectivity index (χ3n) is 2.78. The molecule has 0 spiro atoms. The van der Waals surface area contributed by atoms with E-state index in [0.29, 0.717) is 24.6 Å². The van der Waals surface area contributed by atoms with Crippen molar-refractivity contribution in [1.82, 2.24) is 4.90 Å². The van der Waals surface area contributed by atoms with Gasteiger partial charge in [-0.05, 0) is 33.4 Å². The van der Waals surface area contributed by atoms with E-state index in [0.717, 1.165) is 0 Å². The predicted octanol–water partition coefficient (Wildman–Crippen LogP) is 1.94. The van der Waals surface area contributed by atoms with Crippen molar-refractivity contribution in [3.8, 4) is 0 Å². The van der Waals surface area contributed by atoms with Crippen LogP contribution in [0.5, 0.6) is 0 Å². The van der Waals surface area contributed by atoms with Gasteiger partial charge in [0.25, 0.3) is 0 Å². The maximum atomic E-state index is 11.9. The van der Waals surface area contributed by atoms with E-state index in [1.54, 1.807) is 4.90 Å². The molecule has 1 saturated heterocycles. The maximum absolute atomic E-state index is 11.9. The number of rotatable bonds is 1. The fourth-order valence-corrected chi connectivity index (χ4v) is 2.38. The molecule has 2 unspecified atom stereocenters. The van der Waals surface area contributed by atoms with Crippen LogP contribution in [0.1, 0.15) is 27.2 Å². The molecule has 1 fully saturated rings. The van der Waals surface area contributed by atoms with Gasteiger partial charge in [-0.15, -0.1) is 11.8 Å². The van der Waals surface area contributed by atoms with Crippen LogP contribution in [-0.4, -0.2) is 52.2 Å². The molecule has 6 heteroatoms. The molecule has 5 nitrogen and oxygen atoms in total. The van der Waals surface area contributed by atoms with Crippen LogP contribution in [0.3, 0.4) is 0 Å². The highest BCUT2D eigenvalue weighted by Crippen LogP contribution is 2.23. The standard InChI is InChI=1S/C12H22N2O3S/c1-12(2,3)17-11(16)14-6-5-9(15)8(7-14)10(13)18-4/h8-9,13,15H,5-7H2,1-4H3. The van der Waals surface area contributed by atoms with Crippen molar-refractivity contribution >= 4 is 22.9 Å². The van der Waals surface area contributed by atoms with Crippen LogP contribution < -0.4 is 0 Å². The van der Waals surface area contributed by atoms with Crippen molar-refractivity contribution in [2.75, 3.05) is 19.3 Å². The van der Waals surface area contributed by atoms with Gasteiger partial charge in [0.2, 0.25) is 0 Å². The van der Waals surface area contributed by atoms with Crippen LogP contribution >= 0.6 is 11.8 Å². The number of hydrogen-bond donors (Lipinski definition) is 2. The number of nitrogens with zero attached hydrogens (tertiary/aromatic N) is 1. The smallest absolute Gasteiger partial charge is 0.410 e. The fourth-order valence-electron chi connectivity index (χ4n) is 1.84. The zero-order chi connectivity index (χ0) is 13.9. The molecule has 0 aliphatic carbocycles. The fraction of sp³-hybridized carbons (Fsp3) is 0.833. The number of aliphatic hydroxyl groups excluding tert-OH is 1. The molecule has 18 heavy (non-hydrogen) atoms. The van der Waals surface area contributed by atoms with Crippen LogP contribution in [0.15, 0.2) is 0 Å². The van der Waals surface area contributed by atoms with E-state index in [1.165, 1.54) is 11.8 Å². The van der Waals surface area contributed by atoms with Crippen LogP contribution in [-0.2, 0) is 4.74 Å². The lowest BCUT2D eigenvalue weighted by atomic mass is 9.96. The third kappa shape index (κ3) is 4.17. The summed E-state index contributed by atoms with van der Waals surface area (Å²) in [6.45, 7) is 6.31. The van der Waals surface area contributed by atoms with E-state index >= 15 is 0 Å². The monoisotopic (exact) mass is 274 g/mol. The Bertz CT molecular complexity index is 328. The second-order valence-electron chi connectivity index (χ2n) is 5.46. The molecule has 1 rings (SSSR count). The molecule has 1 aliphatic heterocycles. The van der Waals surface area contributed by atoms with E-state index in [2.05, 4.69) is 0 Å². The average Bonchev–Trinajstić information content (AvgIpc) is 2.26. The van der Waals surface area contributed by atoms with Crippen LogP contribution in [0.25, 0.3) is 0 Å². The lowest BCUT2D eigenvalue weighted by molar-refractivity contribution is 0.00274. The average molecular weight is 274 g/mol. The van der Waals surface area contributed by atoms with E-state index in [4.69, 9.17) is 10.1 Å². The summed E-state index contributed by atoms with van der Waals surface area (Å²) in [5, 5.41) is 18.1. The van der Waals surface area contributed by atoms with Gasteiger partial charge in [0.15, 0.2) is 0 Å². The van der Waals surface area contributed by atoms with Crippen molar-refractivity contribution in [3.63, 3.8) is 0 Å². The molecule has 0 radical (unpaired) electrons. The largest absolute Gasteiger partial charge is 0.444 e. The second-order valence-corrected chi connectivity index (χ2v) is 6.31. The van der Waals surface area contributed by atoms with Crippen LogP contribution in [0.2, 0.25) is 0 Å². The second kappa shape index (κ2) is 5.93. The van der Waals surface area contributed by atoms with Gasteiger partial charge in [-0.25, -0.2) is 4.79 Å². The zero-order valence-corrected chi connectivity index (χ0v) is 12.2. The Morgan fingerprint density at radius 2 is 2.11 bits per heavy atom. The first-order valence-electron chi connectivity index (χ1n) is 6.03. The number of likely N-dealkylation sites (tertiary alicyclic amines) is 1. The number of hydrogen-bond acceptors (Lipinski definition) is 5. The first-order valence-corrected chi connectivity index (χ1v) is 7.25. The Balaban J connectivity index is 2.64. The van der Waals surface area contributed by atoms with E-state index in [1.807, 2.05) is 27.0 Å². The molecule has 2 N–H and O–H groups in total. The Hall–Kier alpha value is -0.750. The topological polar surface area (TPSA) is 73.6 Å². The third-order valence-corrected chi connectivity index (χ3v) is 3.53. The molecule has 0 aromatic carbocycles. The van der Waals surface area contributed by atoms with Crippen LogP contribution in [0.4, 0.5) is 4.79 Å². The molecule has 1 aliphatic rings. The van der Waals surface area contributed by atoms with Gasteiger partial charge in [0.1, 0.15) is 5.60 Å². The normalized spacial score (nSPS) is 24.8. The lowest BCUT2D eigenvalue weighted by Crippen LogP contribution is -2.49. The Morgan fingerprint density at radius 3 is 2.61 bits per heavy atom. The van der Waals surface area contributed by atoms with Gasteiger partial charge < -0.3 is 14.7 Å². The van der Waals surface area contributed by atoms with Gasteiger partial charge in [0.05, 0.1) is 17.1 Å². The molecule has 0 aromatic heterocycles. The number of aliphatic hydroxyl groups is 1. The van der Waals surface area contributed by atoms with Crippen molar-refractivity contribution in [2.24, 2.45) is 5.92 Å². The van der Waals surface area contributed by atoms with Gasteiger partial charge >= 0.3 is 6.09 Å². The molecule has 1 amide bonds. The Morgan fingerprint density at radius 1 is 1.50 bits per heavy atom. The summed E-state index contributed by atoms with van der Waals surface area (Å²) >= 11 is 1.31. The minimum atomic E-state index is -0.538. The summed E-state index contributed by atoms with van der Waals surface area (Å²) < 4.78 is 5.30. The van der Waals surface area contributed by atoms with Gasteiger partial charge in [0, 0.05) is 13.1 Å². The van der Waals surface area contributed by atoms with Crippen molar-refractivity contribution in [2.45, 2.75) is 38.9 Å². The van der Waals surface area contributed by atoms with Crippen molar-refractivity contribution in [3.05, 3.63) is 0 Å². The quantitative estimate of drug-likeness (QED) is 0.566. The minimum Gasteiger partial charge on any atom is -0.444 e. The van der Waals surface area contributed by atoms with Gasteiger partial charge in [-0.1, -0.05) is 0 Å². The lowest BCUT2D eigenvalue weighted by Gasteiger charge is -2.36. The highest BCUT2D eigenvalue weighted by atomic mass is 32.2. The molecule has 0 bridgehead atoms. The highest BCUT2D eigenvalue weighted by molar-refractivity contribution is 8.13. The summed E-state index contributed by atoms with van der Waals surface area (Å²) in [4.78, 5) is 13.5. The first kappa shape index (κ1) is 15.3. The number of ether oxygens (including phenoxy) is 1. The molecular weight excluding hydrogens is 252 g/mol. The van der Waals surface area contributed by atoms with Crippen molar-refractivity contribution in [1.29, 1.82) is 5.41 Å². The number of amides is 1. The number of nitrogens with one attached hydrogen (secondary N) is 1. The highest BCUT2D eigenvalue weighted by Gasteiger charge is 2.34. The molecule has 2 atom stereocenters. The molecule has 1 heterocycles. The van der Waals surface area contributed by atoms with Crippen LogP contribution in [0, 0.1) is 11.3 Å². The summed E-state index contributed by atoms with van der Waals surface area (Å²) in [5.74, 6) is -0.290. The Kier molecular flexibility index (Phi) is 5.04. The number of carbonyl (C=O) groups is 1. The van der Waals surface area contributed by atoms with E-state index < -0.39 is 11.7 Å². The number of carbonyl (C=O) groups excluding carboxylic acids is 1. The summed E-state index contributed by atoms with van der Waals surface area (Å²) in [5.41, 5.74) is -0.518. The molecule has 0 aromatic rings. The molecule has 0 saturated carbocycles. The Labute approximate surface area is 112 Å². The maximum Gasteiger partial charge on any atom is 0.410 e. The summed E-state index contributed by atoms with van der Waals surface area (Å²) in [6, 6.07) is 0. The first-order chi connectivity index (χ1) is 8.24. The zero-order valence-electron chi connectivity index (χ0n) is 11.4. The summed E-state index contributed by atoms with van der Waals surface area (Å²) in [6.07, 6.45) is 1.39.